The number of allylic oxidation sites excluding steroid dienone is 6. The second-order valence-corrected chi connectivity index (χ2v) is 7.30. The van der Waals surface area contributed by atoms with E-state index in [4.69, 9.17) is 11.1 Å². The van der Waals surface area contributed by atoms with Crippen LogP contribution in [0.4, 0.5) is 0 Å². The van der Waals surface area contributed by atoms with Crippen LogP contribution >= 0.6 is 0 Å². The largest absolute Gasteiger partial charge is 0.383 e. The highest BCUT2D eigenvalue weighted by molar-refractivity contribution is 6.11. The summed E-state index contributed by atoms with van der Waals surface area (Å²) in [5.74, 6) is 0.580. The van der Waals surface area contributed by atoms with Crippen molar-refractivity contribution >= 4 is 22.8 Å². The Morgan fingerprint density at radius 2 is 1.72 bits per heavy atom. The van der Waals surface area contributed by atoms with Crippen molar-refractivity contribution in [2.45, 2.75) is 25.7 Å². The van der Waals surface area contributed by atoms with E-state index in [0.29, 0.717) is 5.84 Å². The second-order valence-electron chi connectivity index (χ2n) is 7.30. The topological polar surface area (TPSA) is 62.2 Å². The zero-order valence-corrected chi connectivity index (χ0v) is 16.4. The number of hydrogen-bond acceptors (Lipinski definition) is 1. The lowest BCUT2D eigenvalue weighted by Crippen LogP contribution is -2.17. The van der Waals surface area contributed by atoms with E-state index in [-0.39, 0.29) is 5.84 Å². The third kappa shape index (κ3) is 4.52. The number of amidine groups is 2. The highest BCUT2D eigenvalue weighted by Gasteiger charge is 2.12. The molecule has 3 N–H and O–H groups in total. The average molecular weight is 380 g/mol. The molecule has 3 nitrogen and oxygen atoms in total. The predicted octanol–water partition coefficient (Wildman–Crippen LogP) is 5.91. The molecule has 29 heavy (non-hydrogen) atoms. The normalized spacial score (nSPS) is 16.7. The molecule has 3 heteroatoms. The standard InChI is InChI=1S/C26H25N3/c27-25(23-15-7-13-21(17-23)19-9-3-1-4-10-19)29-26(28)24-16-8-14-22(18-24)20-11-5-2-6-12-20/h1,3-5,8-12,14-18H,2,6-7,13H2,(H3,27,28,29). The zero-order valence-electron chi connectivity index (χ0n) is 16.4. The summed E-state index contributed by atoms with van der Waals surface area (Å²) < 4.78 is 0. The SMILES string of the molecule is N=C(N=C(N)C1=CCCC(c2ccccc2)=C1)c1cccc(C2=CCCC=C2)c1. The monoisotopic (exact) mass is 379 g/mol. The Morgan fingerprint density at radius 3 is 2.52 bits per heavy atom. The first-order valence-electron chi connectivity index (χ1n) is 10.1. The fourth-order valence-electron chi connectivity index (χ4n) is 3.68. The van der Waals surface area contributed by atoms with E-state index in [0.717, 1.165) is 42.4 Å². The molecular weight excluding hydrogens is 354 g/mol. The van der Waals surface area contributed by atoms with Crippen LogP contribution in [0.2, 0.25) is 0 Å². The van der Waals surface area contributed by atoms with Gasteiger partial charge in [0.1, 0.15) is 5.84 Å². The van der Waals surface area contributed by atoms with Gasteiger partial charge in [-0.05, 0) is 60.1 Å². The first-order chi connectivity index (χ1) is 14.2. The molecule has 0 saturated carbocycles. The molecule has 4 rings (SSSR count). The van der Waals surface area contributed by atoms with Gasteiger partial charge in [0, 0.05) is 11.1 Å². The van der Waals surface area contributed by atoms with Crippen LogP contribution in [-0.2, 0) is 0 Å². The predicted molar refractivity (Wildman–Crippen MR) is 123 cm³/mol. The van der Waals surface area contributed by atoms with Crippen LogP contribution in [0.25, 0.3) is 11.1 Å². The molecule has 0 amide bonds. The van der Waals surface area contributed by atoms with Crippen molar-refractivity contribution in [3.05, 3.63) is 107 Å². The molecule has 0 aliphatic heterocycles. The van der Waals surface area contributed by atoms with Crippen LogP contribution < -0.4 is 5.73 Å². The van der Waals surface area contributed by atoms with Gasteiger partial charge in [-0.1, -0.05) is 72.8 Å². The van der Waals surface area contributed by atoms with Crippen LogP contribution in [0.15, 0.2) is 95.5 Å². The van der Waals surface area contributed by atoms with Gasteiger partial charge >= 0.3 is 0 Å². The van der Waals surface area contributed by atoms with E-state index >= 15 is 0 Å². The number of benzene rings is 2. The Balaban J connectivity index is 1.55. The van der Waals surface area contributed by atoms with Crippen molar-refractivity contribution in [1.82, 2.24) is 0 Å². The molecule has 0 aromatic heterocycles. The van der Waals surface area contributed by atoms with Crippen LogP contribution in [0.1, 0.15) is 42.4 Å². The Labute approximate surface area is 172 Å². The molecule has 0 unspecified atom stereocenters. The van der Waals surface area contributed by atoms with Gasteiger partial charge in [0.05, 0.1) is 0 Å². The van der Waals surface area contributed by atoms with Gasteiger partial charge in [0.25, 0.3) is 0 Å². The lowest BCUT2D eigenvalue weighted by molar-refractivity contribution is 1.04. The number of nitrogens with two attached hydrogens (primary N) is 1. The molecular formula is C26H25N3. The molecule has 2 aliphatic rings. The van der Waals surface area contributed by atoms with Gasteiger partial charge in [0.15, 0.2) is 5.84 Å². The van der Waals surface area contributed by atoms with E-state index in [1.165, 1.54) is 16.7 Å². The maximum absolute atomic E-state index is 8.45. The first-order valence-corrected chi connectivity index (χ1v) is 10.1. The summed E-state index contributed by atoms with van der Waals surface area (Å²) in [6.45, 7) is 0. The van der Waals surface area contributed by atoms with E-state index in [2.05, 4.69) is 53.6 Å². The Kier molecular flexibility index (Phi) is 5.66. The molecule has 0 radical (unpaired) electrons. The molecule has 0 spiro atoms. The molecule has 2 aromatic rings. The van der Waals surface area contributed by atoms with Gasteiger partial charge in [0.2, 0.25) is 0 Å². The van der Waals surface area contributed by atoms with Gasteiger partial charge in [-0.3, -0.25) is 5.41 Å². The second kappa shape index (κ2) is 8.70. The summed E-state index contributed by atoms with van der Waals surface area (Å²) in [6, 6.07) is 18.3. The van der Waals surface area contributed by atoms with E-state index < -0.39 is 0 Å². The van der Waals surface area contributed by atoms with E-state index in [9.17, 15) is 0 Å². The molecule has 144 valence electrons. The molecule has 2 aliphatic carbocycles. The summed E-state index contributed by atoms with van der Waals surface area (Å²) in [5.41, 5.74) is 12.7. The minimum atomic E-state index is 0.186. The number of nitrogens with one attached hydrogen (secondary N) is 1. The maximum atomic E-state index is 8.45. The highest BCUT2D eigenvalue weighted by atomic mass is 14.9. The van der Waals surface area contributed by atoms with Gasteiger partial charge < -0.3 is 5.73 Å². The number of hydrogen-bond donors (Lipinski definition) is 2. The van der Waals surface area contributed by atoms with Crippen molar-refractivity contribution in [3.63, 3.8) is 0 Å². The molecule has 0 heterocycles. The van der Waals surface area contributed by atoms with Crippen LogP contribution in [0.3, 0.4) is 0 Å². The van der Waals surface area contributed by atoms with Gasteiger partial charge in [-0.15, -0.1) is 0 Å². The molecule has 2 aromatic carbocycles. The van der Waals surface area contributed by atoms with Gasteiger partial charge in [-0.2, -0.15) is 0 Å². The smallest absolute Gasteiger partial charge is 0.154 e. The third-order valence-electron chi connectivity index (χ3n) is 5.24. The number of rotatable bonds is 4. The zero-order chi connectivity index (χ0) is 20.1. The Hall–Kier alpha value is -3.46. The first kappa shape index (κ1) is 18.9. The van der Waals surface area contributed by atoms with Crippen molar-refractivity contribution in [3.8, 4) is 0 Å². The van der Waals surface area contributed by atoms with Crippen LogP contribution in [-0.4, -0.2) is 11.7 Å². The number of aliphatic imine (C=N–C) groups is 1. The van der Waals surface area contributed by atoms with Gasteiger partial charge in [-0.25, -0.2) is 4.99 Å². The van der Waals surface area contributed by atoms with E-state index in [1.807, 2.05) is 36.4 Å². The molecule has 0 saturated heterocycles. The minimum Gasteiger partial charge on any atom is -0.383 e. The summed E-state index contributed by atoms with van der Waals surface area (Å²) >= 11 is 0. The maximum Gasteiger partial charge on any atom is 0.154 e. The van der Waals surface area contributed by atoms with Crippen LogP contribution in [0, 0.1) is 5.41 Å². The van der Waals surface area contributed by atoms with Crippen LogP contribution in [0.5, 0.6) is 0 Å². The third-order valence-corrected chi connectivity index (χ3v) is 5.24. The summed E-state index contributed by atoms with van der Waals surface area (Å²) in [5, 5.41) is 8.45. The van der Waals surface area contributed by atoms with Crippen molar-refractivity contribution in [1.29, 1.82) is 5.41 Å². The fourth-order valence-corrected chi connectivity index (χ4v) is 3.68. The Morgan fingerprint density at radius 1 is 0.897 bits per heavy atom. The van der Waals surface area contributed by atoms with Crippen molar-refractivity contribution < 1.29 is 0 Å². The summed E-state index contributed by atoms with van der Waals surface area (Å²) in [4.78, 5) is 4.41. The number of nitrogens with zero attached hydrogens (tertiary/aromatic N) is 1. The molecule has 0 bridgehead atoms. The molecule has 0 fully saturated rings. The summed E-state index contributed by atoms with van der Waals surface area (Å²) in [7, 11) is 0. The molecule has 0 atom stereocenters. The highest BCUT2D eigenvalue weighted by Crippen LogP contribution is 2.27. The van der Waals surface area contributed by atoms with E-state index in [1.54, 1.807) is 0 Å². The average Bonchev–Trinajstić information content (AvgIpc) is 2.80. The Bertz CT molecular complexity index is 1070. The quantitative estimate of drug-likeness (QED) is 0.504. The fraction of sp³-hybridized carbons (Fsp3) is 0.154. The lowest BCUT2D eigenvalue weighted by Gasteiger charge is -2.14. The summed E-state index contributed by atoms with van der Waals surface area (Å²) in [6.07, 6.45) is 14.8. The minimum absolute atomic E-state index is 0.186. The van der Waals surface area contributed by atoms with Crippen molar-refractivity contribution in [2.75, 3.05) is 0 Å². The van der Waals surface area contributed by atoms with Crippen molar-refractivity contribution in [2.24, 2.45) is 10.7 Å². The lowest BCUT2D eigenvalue weighted by atomic mass is 9.93.